The molecule has 0 aromatic heterocycles. The summed E-state index contributed by atoms with van der Waals surface area (Å²) in [5.74, 6) is 0. The van der Waals surface area contributed by atoms with E-state index in [4.69, 9.17) is 9.47 Å². The molecule has 0 N–H and O–H groups in total. The van der Waals surface area contributed by atoms with Gasteiger partial charge in [-0.2, -0.15) is 0 Å². The molecule has 0 radical (unpaired) electrons. The molecule has 6 heteroatoms. The summed E-state index contributed by atoms with van der Waals surface area (Å²) in [6.07, 6.45) is 0.589. The van der Waals surface area contributed by atoms with Gasteiger partial charge >= 0.3 is 125 Å². The van der Waals surface area contributed by atoms with E-state index >= 15 is 0 Å². The predicted molar refractivity (Wildman–Crippen MR) is 79.6 cm³/mol. The molecule has 0 saturated heterocycles. The molecular weight excluding hydrogens is 325 g/mol. The molecule has 0 amide bonds. The van der Waals surface area contributed by atoms with Crippen LogP contribution in [0.1, 0.15) is 27.2 Å². The van der Waals surface area contributed by atoms with Crippen molar-refractivity contribution >= 4 is 25.1 Å². The second-order valence-corrected chi connectivity index (χ2v) is 6.76. The summed E-state index contributed by atoms with van der Waals surface area (Å²) in [5.41, 5.74) is 0.192. The van der Waals surface area contributed by atoms with E-state index < -0.39 is 0 Å². The second kappa shape index (κ2) is 9.08. The molecule has 5 nitrogen and oxygen atoms in total. The van der Waals surface area contributed by atoms with Crippen molar-refractivity contribution in [3.05, 3.63) is 34.4 Å². The molecule has 0 fully saturated rings. The Balaban J connectivity index is 2.89. The van der Waals surface area contributed by atoms with Gasteiger partial charge in [0.1, 0.15) is 0 Å². The molecule has 1 rings (SSSR count). The van der Waals surface area contributed by atoms with E-state index in [-0.39, 0.29) is 36.7 Å². The molecule has 1 aromatic rings. The van der Waals surface area contributed by atoms with Crippen molar-refractivity contribution in [2.75, 3.05) is 13.2 Å². The van der Waals surface area contributed by atoms with Gasteiger partial charge in [0.15, 0.2) is 0 Å². The number of hydrogen-bond donors (Lipinski definition) is 0. The molecule has 1 atom stereocenters. The fourth-order valence-electron chi connectivity index (χ4n) is 1.79. The van der Waals surface area contributed by atoms with Crippen molar-refractivity contribution in [1.29, 1.82) is 0 Å². The van der Waals surface area contributed by atoms with E-state index in [9.17, 15) is 10.1 Å². The Morgan fingerprint density at radius 2 is 1.80 bits per heavy atom. The minimum absolute atomic E-state index is 0.0621. The third kappa shape index (κ3) is 4.87. The SMILES string of the molecule is CCOC(OCC)C(CC)[Se]c1ccccc1[N+](=O)[O-]. The third-order valence-corrected chi connectivity index (χ3v) is 5.77. The molecule has 0 saturated carbocycles. The first kappa shape index (κ1) is 17.1. The van der Waals surface area contributed by atoms with Gasteiger partial charge in [0, 0.05) is 0 Å². The van der Waals surface area contributed by atoms with Crippen LogP contribution in [0, 0.1) is 10.1 Å². The Hall–Kier alpha value is -0.941. The maximum atomic E-state index is 11.1. The molecule has 0 heterocycles. The van der Waals surface area contributed by atoms with Crippen LogP contribution >= 0.6 is 0 Å². The molecule has 0 aliphatic rings. The Labute approximate surface area is 126 Å². The van der Waals surface area contributed by atoms with Gasteiger partial charge in [-0.1, -0.05) is 0 Å². The monoisotopic (exact) mass is 347 g/mol. The normalized spacial score (nSPS) is 12.6. The standard InChI is InChI=1S/C14H21NO4Se/c1-4-12(14(18-5-2)19-6-3)20-13-10-8-7-9-11(13)15(16)17/h7-10,12,14H,4-6H2,1-3H3. The fourth-order valence-corrected chi connectivity index (χ4v) is 4.27. The van der Waals surface area contributed by atoms with Crippen LogP contribution in [0.5, 0.6) is 0 Å². The first-order valence-electron chi connectivity index (χ1n) is 6.77. The maximum absolute atomic E-state index is 11.1. The van der Waals surface area contributed by atoms with Crippen LogP contribution in [0.15, 0.2) is 24.3 Å². The molecule has 1 unspecified atom stereocenters. The predicted octanol–water partition coefficient (Wildman–Crippen LogP) is 2.52. The van der Waals surface area contributed by atoms with E-state index in [0.717, 1.165) is 10.9 Å². The number of hydrogen-bond acceptors (Lipinski definition) is 4. The first-order valence-corrected chi connectivity index (χ1v) is 8.61. The van der Waals surface area contributed by atoms with Crippen molar-refractivity contribution < 1.29 is 14.4 Å². The van der Waals surface area contributed by atoms with E-state index in [2.05, 4.69) is 6.92 Å². The number of nitro benzene ring substituents is 1. The summed E-state index contributed by atoms with van der Waals surface area (Å²) in [6.45, 7) is 7.07. The average Bonchev–Trinajstić information content (AvgIpc) is 2.45. The van der Waals surface area contributed by atoms with Gasteiger partial charge in [0.25, 0.3) is 0 Å². The zero-order chi connectivity index (χ0) is 15.0. The summed E-state index contributed by atoms with van der Waals surface area (Å²) in [6, 6.07) is 6.92. The summed E-state index contributed by atoms with van der Waals surface area (Å²) < 4.78 is 12.1. The van der Waals surface area contributed by atoms with Gasteiger partial charge in [0.05, 0.1) is 0 Å². The van der Waals surface area contributed by atoms with Gasteiger partial charge < -0.3 is 0 Å². The topological polar surface area (TPSA) is 61.6 Å². The Kier molecular flexibility index (Phi) is 7.77. The number of benzene rings is 1. The summed E-state index contributed by atoms with van der Waals surface area (Å²) in [5, 5.41) is 11.1. The summed E-state index contributed by atoms with van der Waals surface area (Å²) in [4.78, 5) is 10.9. The zero-order valence-corrected chi connectivity index (χ0v) is 13.8. The molecule has 0 bridgehead atoms. The minimum atomic E-state index is -0.319. The third-order valence-electron chi connectivity index (χ3n) is 2.71. The quantitative estimate of drug-likeness (QED) is 0.298. The number of nitro groups is 1. The van der Waals surface area contributed by atoms with Crippen LogP contribution in [0.3, 0.4) is 0 Å². The average molecular weight is 346 g/mol. The van der Waals surface area contributed by atoms with Gasteiger partial charge in [-0.25, -0.2) is 0 Å². The number of ether oxygens (including phenoxy) is 2. The summed E-state index contributed by atoms with van der Waals surface area (Å²) in [7, 11) is 0. The van der Waals surface area contributed by atoms with Gasteiger partial charge in [0.2, 0.25) is 0 Å². The fraction of sp³-hybridized carbons (Fsp3) is 0.571. The van der Waals surface area contributed by atoms with Gasteiger partial charge in [-0.3, -0.25) is 0 Å². The van der Waals surface area contributed by atoms with E-state index in [1.807, 2.05) is 26.0 Å². The zero-order valence-electron chi connectivity index (χ0n) is 12.1. The van der Waals surface area contributed by atoms with Crippen LogP contribution in [0.25, 0.3) is 0 Å². The van der Waals surface area contributed by atoms with Crippen LogP contribution in [0.2, 0.25) is 4.82 Å². The van der Waals surface area contributed by atoms with Gasteiger partial charge in [-0.15, -0.1) is 0 Å². The Morgan fingerprint density at radius 3 is 2.30 bits per heavy atom. The number of rotatable bonds is 9. The van der Waals surface area contributed by atoms with Crippen molar-refractivity contribution in [1.82, 2.24) is 0 Å². The van der Waals surface area contributed by atoms with Crippen molar-refractivity contribution in [2.45, 2.75) is 38.3 Å². The molecule has 0 spiro atoms. The van der Waals surface area contributed by atoms with Gasteiger partial charge in [-0.05, 0) is 0 Å². The molecule has 20 heavy (non-hydrogen) atoms. The van der Waals surface area contributed by atoms with E-state index in [0.29, 0.717) is 13.2 Å². The molecular formula is C14H21NO4Se. The molecule has 0 aliphatic heterocycles. The van der Waals surface area contributed by atoms with Crippen LogP contribution in [-0.4, -0.2) is 39.4 Å². The second-order valence-electron chi connectivity index (χ2n) is 4.07. The Morgan fingerprint density at radius 1 is 1.20 bits per heavy atom. The van der Waals surface area contributed by atoms with E-state index in [1.165, 1.54) is 0 Å². The van der Waals surface area contributed by atoms with Crippen molar-refractivity contribution in [3.63, 3.8) is 0 Å². The van der Waals surface area contributed by atoms with Crippen LogP contribution in [0.4, 0.5) is 5.69 Å². The van der Waals surface area contributed by atoms with E-state index in [1.54, 1.807) is 12.1 Å². The van der Waals surface area contributed by atoms with Crippen LogP contribution in [-0.2, 0) is 9.47 Å². The summed E-state index contributed by atoms with van der Waals surface area (Å²) >= 11 is -0.0621. The van der Waals surface area contributed by atoms with Crippen LogP contribution < -0.4 is 4.46 Å². The molecule has 112 valence electrons. The number of para-hydroxylation sites is 1. The Bertz CT molecular complexity index is 421. The first-order chi connectivity index (χ1) is 9.63. The molecule has 1 aromatic carbocycles. The number of nitrogens with zero attached hydrogens (tertiary/aromatic N) is 1. The van der Waals surface area contributed by atoms with Crippen molar-refractivity contribution in [2.24, 2.45) is 0 Å². The van der Waals surface area contributed by atoms with Crippen molar-refractivity contribution in [3.8, 4) is 0 Å². The molecule has 0 aliphatic carbocycles.